The topological polar surface area (TPSA) is 65.0 Å². The second-order valence-corrected chi connectivity index (χ2v) is 3.48. The van der Waals surface area contributed by atoms with Gasteiger partial charge < -0.3 is 4.74 Å². The number of carbonyl (C=O) groups excluding carboxylic acids is 1. The molecule has 86 valence electrons. The summed E-state index contributed by atoms with van der Waals surface area (Å²) in [6.07, 6.45) is 2.86. The van der Waals surface area contributed by atoms with E-state index in [0.29, 0.717) is 11.6 Å². The first-order valence-electron chi connectivity index (χ1n) is 5.09. The zero-order chi connectivity index (χ0) is 12.3. The molecule has 0 spiro atoms. The molecule has 0 fully saturated rings. The van der Waals surface area contributed by atoms with E-state index in [1.165, 1.54) is 19.6 Å². The molecule has 0 bridgehead atoms. The van der Waals surface area contributed by atoms with E-state index in [0.717, 1.165) is 11.1 Å². The van der Waals surface area contributed by atoms with Crippen molar-refractivity contribution in [1.29, 1.82) is 0 Å². The molecule has 0 radical (unpaired) electrons. The minimum absolute atomic E-state index is 0.346. The lowest BCUT2D eigenvalue weighted by molar-refractivity contribution is -0.131. The largest absolute Gasteiger partial charge is 0.426 e. The van der Waals surface area contributed by atoms with Crippen molar-refractivity contribution in [2.75, 3.05) is 0 Å². The van der Waals surface area contributed by atoms with Crippen molar-refractivity contribution >= 4 is 5.97 Å². The monoisotopic (exact) mass is 229 g/mol. The molecular weight excluding hydrogens is 218 g/mol. The first-order chi connectivity index (χ1) is 8.18. The number of rotatable bonds is 2. The van der Waals surface area contributed by atoms with Gasteiger partial charge in [0.05, 0.1) is 0 Å². The molecule has 0 amide bonds. The van der Waals surface area contributed by atoms with Crippen molar-refractivity contribution in [2.24, 2.45) is 0 Å². The van der Waals surface area contributed by atoms with Crippen molar-refractivity contribution in [3.05, 3.63) is 36.4 Å². The standard InChI is InChI=1S/C12H11N3O2/c1-8-10(12-14-6-13-7-15-12)4-3-5-11(8)17-9(2)16/h3-7H,1-2H3. The maximum atomic E-state index is 10.9. The number of aromatic nitrogens is 3. The van der Waals surface area contributed by atoms with Crippen molar-refractivity contribution in [3.8, 4) is 17.1 Å². The van der Waals surface area contributed by atoms with Crippen LogP contribution in [-0.2, 0) is 4.79 Å². The van der Waals surface area contributed by atoms with Crippen LogP contribution in [-0.4, -0.2) is 20.9 Å². The maximum Gasteiger partial charge on any atom is 0.308 e. The Labute approximate surface area is 98.5 Å². The molecule has 5 nitrogen and oxygen atoms in total. The molecule has 0 unspecified atom stereocenters. The molecule has 1 aromatic carbocycles. The lowest BCUT2D eigenvalue weighted by Gasteiger charge is -2.09. The van der Waals surface area contributed by atoms with Crippen LogP contribution in [0.4, 0.5) is 0 Å². The van der Waals surface area contributed by atoms with Crippen LogP contribution in [0.5, 0.6) is 5.75 Å². The third-order valence-electron chi connectivity index (χ3n) is 2.27. The summed E-state index contributed by atoms with van der Waals surface area (Å²) in [4.78, 5) is 22.8. The Morgan fingerprint density at radius 3 is 2.59 bits per heavy atom. The number of nitrogens with zero attached hydrogens (tertiary/aromatic N) is 3. The normalized spacial score (nSPS) is 10.0. The highest BCUT2D eigenvalue weighted by Gasteiger charge is 2.10. The molecule has 2 aromatic rings. The number of ether oxygens (including phenoxy) is 1. The van der Waals surface area contributed by atoms with Crippen molar-refractivity contribution in [1.82, 2.24) is 15.0 Å². The van der Waals surface area contributed by atoms with Gasteiger partial charge in [-0.2, -0.15) is 0 Å². The van der Waals surface area contributed by atoms with Crippen LogP contribution in [0.3, 0.4) is 0 Å². The minimum atomic E-state index is -0.346. The molecule has 0 aliphatic carbocycles. The summed E-state index contributed by atoms with van der Waals surface area (Å²) in [5.41, 5.74) is 1.65. The average molecular weight is 229 g/mol. The second-order valence-electron chi connectivity index (χ2n) is 3.48. The van der Waals surface area contributed by atoms with Crippen LogP contribution in [0.25, 0.3) is 11.4 Å². The zero-order valence-corrected chi connectivity index (χ0v) is 9.54. The van der Waals surface area contributed by atoms with Crippen molar-refractivity contribution in [2.45, 2.75) is 13.8 Å². The van der Waals surface area contributed by atoms with Gasteiger partial charge in [-0.05, 0) is 13.0 Å². The lowest BCUT2D eigenvalue weighted by atomic mass is 10.1. The van der Waals surface area contributed by atoms with Gasteiger partial charge in [0, 0.05) is 18.1 Å². The number of hydrogen-bond acceptors (Lipinski definition) is 5. The molecule has 0 aliphatic heterocycles. The summed E-state index contributed by atoms with van der Waals surface area (Å²) in [7, 11) is 0. The van der Waals surface area contributed by atoms with E-state index in [1.54, 1.807) is 12.1 Å². The summed E-state index contributed by atoms with van der Waals surface area (Å²) in [6, 6.07) is 5.41. The molecule has 1 heterocycles. The van der Waals surface area contributed by atoms with E-state index < -0.39 is 0 Å². The molecule has 5 heteroatoms. The van der Waals surface area contributed by atoms with Crippen LogP contribution >= 0.6 is 0 Å². The van der Waals surface area contributed by atoms with Gasteiger partial charge in [0.15, 0.2) is 5.82 Å². The van der Waals surface area contributed by atoms with Gasteiger partial charge in [-0.25, -0.2) is 15.0 Å². The number of hydrogen-bond donors (Lipinski definition) is 0. The fourth-order valence-corrected chi connectivity index (χ4v) is 1.50. The van der Waals surface area contributed by atoms with Crippen LogP contribution in [0.1, 0.15) is 12.5 Å². The van der Waals surface area contributed by atoms with Crippen LogP contribution < -0.4 is 4.74 Å². The Kier molecular flexibility index (Phi) is 3.09. The molecule has 2 rings (SSSR count). The highest BCUT2D eigenvalue weighted by Crippen LogP contribution is 2.27. The second kappa shape index (κ2) is 4.69. The molecule has 0 saturated heterocycles. The smallest absolute Gasteiger partial charge is 0.308 e. The SMILES string of the molecule is CC(=O)Oc1cccc(-c2ncncn2)c1C. The van der Waals surface area contributed by atoms with Crippen molar-refractivity contribution < 1.29 is 9.53 Å². The average Bonchev–Trinajstić information content (AvgIpc) is 2.32. The molecule has 0 atom stereocenters. The van der Waals surface area contributed by atoms with Crippen LogP contribution in [0.15, 0.2) is 30.9 Å². The fourth-order valence-electron chi connectivity index (χ4n) is 1.50. The summed E-state index contributed by atoms with van der Waals surface area (Å²) >= 11 is 0. The Morgan fingerprint density at radius 2 is 1.94 bits per heavy atom. The van der Waals surface area contributed by atoms with E-state index in [2.05, 4.69) is 15.0 Å². The van der Waals surface area contributed by atoms with Gasteiger partial charge in [-0.1, -0.05) is 12.1 Å². The van der Waals surface area contributed by atoms with E-state index in [-0.39, 0.29) is 5.97 Å². The predicted octanol–water partition coefficient (Wildman–Crippen LogP) is 1.77. The van der Waals surface area contributed by atoms with Gasteiger partial charge >= 0.3 is 5.97 Å². The van der Waals surface area contributed by atoms with Gasteiger partial charge in [-0.15, -0.1) is 0 Å². The highest BCUT2D eigenvalue weighted by molar-refractivity contribution is 5.72. The Hall–Kier alpha value is -2.30. The van der Waals surface area contributed by atoms with Gasteiger partial charge in [0.1, 0.15) is 18.4 Å². The highest BCUT2D eigenvalue weighted by atomic mass is 16.5. The van der Waals surface area contributed by atoms with Crippen LogP contribution in [0.2, 0.25) is 0 Å². The number of benzene rings is 1. The Balaban J connectivity index is 2.46. The molecule has 1 aromatic heterocycles. The van der Waals surface area contributed by atoms with E-state index in [9.17, 15) is 4.79 Å². The number of esters is 1. The van der Waals surface area contributed by atoms with E-state index in [1.807, 2.05) is 13.0 Å². The third-order valence-corrected chi connectivity index (χ3v) is 2.27. The predicted molar refractivity (Wildman–Crippen MR) is 61.3 cm³/mol. The van der Waals surface area contributed by atoms with Gasteiger partial charge in [-0.3, -0.25) is 4.79 Å². The first-order valence-corrected chi connectivity index (χ1v) is 5.09. The molecule has 17 heavy (non-hydrogen) atoms. The Bertz CT molecular complexity index is 541. The van der Waals surface area contributed by atoms with Crippen LogP contribution in [0, 0.1) is 6.92 Å². The van der Waals surface area contributed by atoms with Gasteiger partial charge in [0.2, 0.25) is 0 Å². The first kappa shape index (κ1) is 11.2. The zero-order valence-electron chi connectivity index (χ0n) is 9.54. The fraction of sp³-hybridized carbons (Fsp3) is 0.167. The number of carbonyl (C=O) groups is 1. The third kappa shape index (κ3) is 2.44. The molecular formula is C12H11N3O2. The quantitative estimate of drug-likeness (QED) is 0.580. The summed E-state index contributed by atoms with van der Waals surface area (Å²) in [5.74, 6) is 0.739. The Morgan fingerprint density at radius 1 is 1.24 bits per heavy atom. The lowest BCUT2D eigenvalue weighted by Crippen LogP contribution is -2.03. The minimum Gasteiger partial charge on any atom is -0.426 e. The summed E-state index contributed by atoms with van der Waals surface area (Å²) in [6.45, 7) is 3.23. The van der Waals surface area contributed by atoms with E-state index >= 15 is 0 Å². The molecule has 0 saturated carbocycles. The van der Waals surface area contributed by atoms with Crippen molar-refractivity contribution in [3.63, 3.8) is 0 Å². The summed E-state index contributed by atoms with van der Waals surface area (Å²) in [5, 5.41) is 0. The molecule has 0 N–H and O–H groups in total. The maximum absolute atomic E-state index is 10.9. The summed E-state index contributed by atoms with van der Waals surface area (Å²) < 4.78 is 5.10. The van der Waals surface area contributed by atoms with E-state index in [4.69, 9.17) is 4.74 Å². The molecule has 0 aliphatic rings. The van der Waals surface area contributed by atoms with Gasteiger partial charge in [0.25, 0.3) is 0 Å².